The van der Waals surface area contributed by atoms with Gasteiger partial charge in [-0.05, 0) is 280 Å². The molecular formula is C100H150Br4N2O18. The highest BCUT2D eigenvalue weighted by molar-refractivity contribution is 9.11. The number of esters is 6. The normalized spacial score (nSPS) is 12.4. The van der Waals surface area contributed by atoms with E-state index < -0.39 is 36.1 Å². The third-order valence-electron chi connectivity index (χ3n) is 21.4. The molecule has 0 aliphatic heterocycles. The number of nitrogens with one attached hydrogen (secondary N) is 2. The van der Waals surface area contributed by atoms with Crippen LogP contribution in [0.1, 0.15) is 252 Å². The van der Waals surface area contributed by atoms with E-state index in [0.29, 0.717) is 165 Å². The number of rotatable bonds is 48. The molecule has 0 fully saturated rings. The molecular weight excluding hydrogens is 1840 g/mol. The number of hydrogen-bond donors (Lipinski definition) is 2. The highest BCUT2D eigenvalue weighted by Gasteiger charge is 2.36. The quantitative estimate of drug-likeness (QED) is 0.0180. The molecule has 2 amide bonds. The summed E-state index contributed by atoms with van der Waals surface area (Å²) in [4.78, 5) is 91.9. The van der Waals surface area contributed by atoms with Crippen LogP contribution in [0.3, 0.4) is 0 Å². The minimum absolute atomic E-state index is 0.0702. The lowest BCUT2D eigenvalue weighted by Gasteiger charge is -2.37. The van der Waals surface area contributed by atoms with Crippen LogP contribution in [0.2, 0.25) is 0 Å². The predicted molar refractivity (Wildman–Crippen MR) is 513 cm³/mol. The Morgan fingerprint density at radius 1 is 0.331 bits per heavy atom. The number of ether oxygens (including phenoxy) is 10. The second-order valence-corrected chi connectivity index (χ2v) is 39.1. The van der Waals surface area contributed by atoms with Gasteiger partial charge in [-0.3, -0.25) is 9.59 Å². The first-order valence-corrected chi connectivity index (χ1v) is 47.1. The summed E-state index contributed by atoms with van der Waals surface area (Å²) in [5.41, 5.74) is 5.77. The Kier molecular flexibility index (Phi) is 55.9. The van der Waals surface area contributed by atoms with Crippen molar-refractivity contribution in [3.63, 3.8) is 0 Å². The van der Waals surface area contributed by atoms with Gasteiger partial charge in [-0.1, -0.05) is 217 Å². The summed E-state index contributed by atoms with van der Waals surface area (Å²) in [6, 6.07) is 24.2. The van der Waals surface area contributed by atoms with E-state index >= 15 is 0 Å². The molecule has 0 aliphatic carbocycles. The van der Waals surface area contributed by atoms with E-state index in [-0.39, 0.29) is 90.7 Å². The molecule has 4 aromatic rings. The monoisotopic (exact) mass is 1980 g/mol. The van der Waals surface area contributed by atoms with Gasteiger partial charge >= 0.3 is 48.0 Å². The molecule has 4 aromatic carbocycles. The van der Waals surface area contributed by atoms with Crippen molar-refractivity contribution in [1.29, 1.82) is 0 Å². The van der Waals surface area contributed by atoms with Crippen LogP contribution in [0.5, 0.6) is 23.0 Å². The second-order valence-electron chi connectivity index (χ2n) is 35.7. The average molecular weight is 1990 g/mol. The highest BCUT2D eigenvalue weighted by atomic mass is 79.9. The largest absolute Gasteiger partial charge is 0.488 e. The van der Waals surface area contributed by atoms with Crippen LogP contribution in [0.25, 0.3) is 0 Å². The lowest BCUT2D eigenvalue weighted by molar-refractivity contribution is -0.146. The fourth-order valence-electron chi connectivity index (χ4n) is 16.7. The second kappa shape index (κ2) is 60.5. The van der Waals surface area contributed by atoms with Crippen LogP contribution in [-0.4, -0.2) is 114 Å². The van der Waals surface area contributed by atoms with E-state index in [1.54, 1.807) is 13.8 Å². The van der Waals surface area contributed by atoms with E-state index in [1.807, 2.05) is 24.3 Å². The fraction of sp³-hybridized carbons (Fsp3) is 0.600. The van der Waals surface area contributed by atoms with Crippen molar-refractivity contribution in [2.24, 2.45) is 94.7 Å². The lowest BCUT2D eigenvalue weighted by atomic mass is 9.68. The lowest BCUT2D eigenvalue weighted by Crippen LogP contribution is -2.30. The summed E-state index contributed by atoms with van der Waals surface area (Å²) in [6.45, 7) is 73.3. The van der Waals surface area contributed by atoms with Gasteiger partial charge in [-0.15, -0.1) is 0 Å². The first-order valence-electron chi connectivity index (χ1n) is 44.0. The van der Waals surface area contributed by atoms with E-state index in [4.69, 9.17) is 47.4 Å². The van der Waals surface area contributed by atoms with E-state index in [0.717, 1.165) is 30.0 Å². The minimum atomic E-state index is -0.579. The zero-order chi connectivity index (χ0) is 94.5. The molecule has 4 unspecified atom stereocenters. The number of hydrogen-bond acceptors (Lipinski definition) is 18. The molecule has 20 nitrogen and oxygen atoms in total. The molecule has 0 spiro atoms. The van der Waals surface area contributed by atoms with Crippen molar-refractivity contribution < 1.29 is 85.7 Å². The third-order valence-corrected chi connectivity index (χ3v) is 23.8. The van der Waals surface area contributed by atoms with Crippen LogP contribution >= 0.6 is 63.7 Å². The molecule has 124 heavy (non-hydrogen) atoms. The molecule has 0 saturated carbocycles. The Labute approximate surface area is 778 Å². The Balaban J connectivity index is 0.000000829. The van der Waals surface area contributed by atoms with Crippen LogP contribution in [0, 0.1) is 94.7 Å². The van der Waals surface area contributed by atoms with Gasteiger partial charge in [0.25, 0.3) is 0 Å². The summed E-state index contributed by atoms with van der Waals surface area (Å²) in [7, 11) is 0. The smallest absolute Gasteiger partial charge is 0.412 e. The summed E-state index contributed by atoms with van der Waals surface area (Å²) in [6.07, 6.45) is 2.18. The Hall–Kier alpha value is -7.28. The van der Waals surface area contributed by atoms with Gasteiger partial charge in [0.1, 0.15) is 62.6 Å². The SMILES string of the molecule is C=C(C)C(=O)OCCCC(=O)OCCOc1c(Br)cc(C(C(C)C)C(C(C)C)C(C)C)cc1Br.C=C(C)C(=O)OCCNC(=O)Oc1ccc(C(C(C)C)C(C(C)C)C(C)C)cc1.C=CC(=O)OCCCC(=O)OCCOc1c(Br)cc(C(C(C)C)C(C(C)C)C(C)C)cc1Br.C=CC(=O)OCCNC(=O)Oc1ccc(C(C(C)C)C(C(C)C)C(C)C)cc1. The van der Waals surface area contributed by atoms with Crippen molar-refractivity contribution in [2.45, 2.75) is 229 Å². The summed E-state index contributed by atoms with van der Waals surface area (Å²) in [5, 5.41) is 5.10. The molecule has 696 valence electrons. The topological polar surface area (TPSA) is 253 Å². The van der Waals surface area contributed by atoms with Crippen molar-refractivity contribution >= 4 is 112 Å². The number of halogens is 4. The zero-order valence-corrected chi connectivity index (χ0v) is 85.6. The van der Waals surface area contributed by atoms with Gasteiger partial charge in [0.15, 0.2) is 0 Å². The maximum Gasteiger partial charge on any atom is 0.412 e. The summed E-state index contributed by atoms with van der Waals surface area (Å²) >= 11 is 14.7. The highest BCUT2D eigenvalue weighted by Crippen LogP contribution is 2.48. The first-order chi connectivity index (χ1) is 58.1. The molecule has 0 aliphatic rings. The molecule has 4 rings (SSSR count). The van der Waals surface area contributed by atoms with E-state index in [9.17, 15) is 38.4 Å². The number of amides is 2. The zero-order valence-electron chi connectivity index (χ0n) is 79.2. The molecule has 0 saturated heterocycles. The van der Waals surface area contributed by atoms with E-state index in [1.165, 1.54) is 22.3 Å². The van der Waals surface area contributed by atoms with Gasteiger partial charge in [0.2, 0.25) is 0 Å². The third kappa shape index (κ3) is 42.6. The van der Waals surface area contributed by atoms with Gasteiger partial charge in [-0.25, -0.2) is 28.8 Å². The fourth-order valence-corrected chi connectivity index (χ4v) is 19.6. The minimum Gasteiger partial charge on any atom is -0.488 e. The maximum atomic E-state index is 11.9. The molecule has 0 heterocycles. The van der Waals surface area contributed by atoms with E-state index in [2.05, 4.69) is 315 Å². The van der Waals surface area contributed by atoms with Crippen molar-refractivity contribution in [3.05, 3.63) is 163 Å². The number of benzene rings is 4. The predicted octanol–water partition coefficient (Wildman–Crippen LogP) is 25.7. The summed E-state index contributed by atoms with van der Waals surface area (Å²) in [5.74, 6) is 10.4. The standard InChI is InChI=1S/C27H40Br2O5.C26H38Br2O5.C24H37NO4.C23H35NO4/c1-16(2)24(17(3)4)25(18(5)6)20-14-21(28)26(22(29)15-20)33-13-12-32-23(30)10-9-11-34-27(31)19(7)8;1-8-22(29)31-11-9-10-23(30)32-12-13-33-26-20(27)14-19(15-21(26)28)25(18(6)7)24(16(2)3)17(4)5;1-15(2)21(16(3)4)22(17(5)6)19-9-11-20(12-10-19)29-24(27)25-13-14-28-23(26)18(7)8;1-8-20(25)27-14-13-24-23(26)28-19-11-9-18(10-12-19)22(17(6)7)21(15(2)3)16(4)5/h14-18,24-25H,7,9-13H2,1-6,8H3;8,14-18,24-25H,1,9-13H2,2-7H3;9-12,15-17,21-22H,7,13-14H2,1-6,8H3,(H,25,27);8-12,15-17,21-22H,1,13-14H2,2-7H3,(H,24,26). The molecule has 24 heteroatoms. The molecule has 2 N–H and O–H groups in total. The van der Waals surface area contributed by atoms with Crippen LogP contribution in [-0.2, 0) is 57.2 Å². The number of carbonyl (C=O) groups excluding carboxylic acids is 8. The Bertz CT molecular complexity index is 3860. The molecule has 0 aromatic heterocycles. The molecule has 4 atom stereocenters. The van der Waals surface area contributed by atoms with Crippen LogP contribution < -0.4 is 29.6 Å². The van der Waals surface area contributed by atoms with Gasteiger partial charge in [-0.2, -0.15) is 0 Å². The Morgan fingerprint density at radius 2 is 0.581 bits per heavy atom. The van der Waals surface area contributed by atoms with Gasteiger partial charge in [0.05, 0.1) is 44.2 Å². The number of carbonyl (C=O) groups is 8. The summed E-state index contributed by atoms with van der Waals surface area (Å²) < 4.78 is 55.8. The molecule has 0 bridgehead atoms. The van der Waals surface area contributed by atoms with Crippen LogP contribution in [0.15, 0.2) is 140 Å². The van der Waals surface area contributed by atoms with Gasteiger partial charge in [0, 0.05) is 36.1 Å². The maximum absolute atomic E-state index is 11.9. The van der Waals surface area contributed by atoms with Gasteiger partial charge < -0.3 is 58.0 Å². The van der Waals surface area contributed by atoms with Crippen molar-refractivity contribution in [1.82, 2.24) is 10.6 Å². The Morgan fingerprint density at radius 3 is 0.839 bits per heavy atom. The molecule has 0 radical (unpaired) electrons. The first kappa shape index (κ1) is 115. The van der Waals surface area contributed by atoms with Crippen LogP contribution in [0.4, 0.5) is 9.59 Å². The average Bonchev–Trinajstić information content (AvgIpc) is 0.805. The van der Waals surface area contributed by atoms with Crippen molar-refractivity contribution in [2.75, 3.05) is 65.9 Å². The van der Waals surface area contributed by atoms with Crippen molar-refractivity contribution in [3.8, 4) is 23.0 Å².